The summed E-state index contributed by atoms with van der Waals surface area (Å²) in [6, 6.07) is 9.63. The molecule has 3 nitrogen and oxygen atoms in total. The molecule has 0 saturated carbocycles. The molecule has 1 atom stereocenters. The van der Waals surface area contributed by atoms with Gasteiger partial charge in [0, 0.05) is 9.26 Å². The summed E-state index contributed by atoms with van der Waals surface area (Å²) < 4.78 is 39.3. The third kappa shape index (κ3) is 5.51. The quantitative estimate of drug-likeness (QED) is 0.496. The highest BCUT2D eigenvalue weighted by Gasteiger charge is 2.31. The van der Waals surface area contributed by atoms with E-state index in [1.807, 2.05) is 26.0 Å². The molecule has 0 aliphatic heterocycles. The number of amides is 1. The molecule has 0 aliphatic rings. The van der Waals surface area contributed by atoms with Gasteiger partial charge < -0.3 is 10.6 Å². The van der Waals surface area contributed by atoms with Crippen LogP contribution in [0.25, 0.3) is 0 Å². The van der Waals surface area contributed by atoms with E-state index < -0.39 is 17.8 Å². The Balaban J connectivity index is 2.17. The lowest BCUT2D eigenvalue weighted by molar-refractivity contribution is -0.137. The van der Waals surface area contributed by atoms with Gasteiger partial charge in [-0.15, -0.1) is 0 Å². The third-order valence-electron chi connectivity index (χ3n) is 3.67. The monoisotopic (exact) mass is 496 g/mol. The summed E-state index contributed by atoms with van der Waals surface area (Å²) in [6.07, 6.45) is -4.47. The van der Waals surface area contributed by atoms with Crippen LogP contribution in [0, 0.1) is 9.49 Å². The van der Waals surface area contributed by atoms with Crippen molar-refractivity contribution in [2.75, 3.05) is 10.6 Å². The van der Waals surface area contributed by atoms with Crippen LogP contribution in [0.4, 0.5) is 24.5 Å². The van der Waals surface area contributed by atoms with Crippen molar-refractivity contribution in [3.8, 4) is 0 Å². The topological polar surface area (TPSA) is 41.1 Å². The second kappa shape index (κ2) is 8.47. The Labute approximate surface area is 168 Å². The predicted octanol–water partition coefficient (Wildman–Crippen LogP) is 6.04. The zero-order chi connectivity index (χ0) is 19.5. The van der Waals surface area contributed by atoms with Crippen LogP contribution in [0.2, 0.25) is 5.02 Å². The summed E-state index contributed by atoms with van der Waals surface area (Å²) in [6.45, 7) is 3.67. The maximum atomic E-state index is 12.7. The van der Waals surface area contributed by atoms with Crippen LogP contribution < -0.4 is 10.6 Å². The number of rotatable bonds is 5. The standard InChI is InChI=1S/C18H17ClF3IN2O/c1-10(2)16(17(26)24-13-6-4-12(23)5-7-13)25-15-8-3-11(9-14(15)19)18(20,21)22/h3-10,16,25H,1-2H3,(H,24,26)/t16-/m0/s1. The second-order valence-corrected chi connectivity index (χ2v) is 7.71. The Morgan fingerprint density at radius 1 is 1.12 bits per heavy atom. The van der Waals surface area contributed by atoms with Crippen LogP contribution in [-0.4, -0.2) is 11.9 Å². The SMILES string of the molecule is CC(C)[C@H](Nc1ccc(C(F)(F)F)cc1Cl)C(=O)Nc1ccc(I)cc1. The summed E-state index contributed by atoms with van der Waals surface area (Å²) in [5.41, 5.74) is 0.0787. The van der Waals surface area contributed by atoms with Crippen molar-refractivity contribution in [3.05, 3.63) is 56.6 Å². The van der Waals surface area contributed by atoms with E-state index in [2.05, 4.69) is 33.2 Å². The normalized spacial score (nSPS) is 12.8. The van der Waals surface area contributed by atoms with Crippen LogP contribution in [0.15, 0.2) is 42.5 Å². The number of carbonyl (C=O) groups excluding carboxylic acids is 1. The Bertz CT molecular complexity index is 779. The van der Waals surface area contributed by atoms with Gasteiger partial charge in [0.05, 0.1) is 16.3 Å². The van der Waals surface area contributed by atoms with Crippen molar-refractivity contribution < 1.29 is 18.0 Å². The molecule has 26 heavy (non-hydrogen) atoms. The number of anilines is 2. The summed E-state index contributed by atoms with van der Waals surface area (Å²) in [5.74, 6) is -0.408. The number of halogens is 5. The van der Waals surface area contributed by atoms with Crippen LogP contribution in [-0.2, 0) is 11.0 Å². The Kier molecular flexibility index (Phi) is 6.79. The van der Waals surface area contributed by atoms with Gasteiger partial charge in [-0.3, -0.25) is 4.79 Å². The van der Waals surface area contributed by atoms with Gasteiger partial charge in [0.2, 0.25) is 5.91 Å². The predicted molar refractivity (Wildman–Crippen MR) is 106 cm³/mol. The van der Waals surface area contributed by atoms with Crippen molar-refractivity contribution in [3.63, 3.8) is 0 Å². The summed E-state index contributed by atoms with van der Waals surface area (Å²) in [7, 11) is 0. The lowest BCUT2D eigenvalue weighted by Crippen LogP contribution is -2.39. The first kappa shape index (κ1) is 20.8. The average molecular weight is 497 g/mol. The fraction of sp³-hybridized carbons (Fsp3) is 0.278. The fourth-order valence-corrected chi connectivity index (χ4v) is 2.86. The van der Waals surface area contributed by atoms with Crippen molar-refractivity contribution in [1.29, 1.82) is 0 Å². The minimum atomic E-state index is -4.47. The largest absolute Gasteiger partial charge is 0.416 e. The number of hydrogen-bond acceptors (Lipinski definition) is 2. The summed E-state index contributed by atoms with van der Waals surface area (Å²) in [4.78, 5) is 12.6. The molecule has 0 aliphatic carbocycles. The molecular weight excluding hydrogens is 480 g/mol. The van der Waals surface area contributed by atoms with Gasteiger partial charge in [-0.1, -0.05) is 25.4 Å². The molecule has 0 heterocycles. The van der Waals surface area contributed by atoms with E-state index >= 15 is 0 Å². The molecule has 2 N–H and O–H groups in total. The first-order valence-electron chi connectivity index (χ1n) is 7.77. The molecule has 140 valence electrons. The first-order chi connectivity index (χ1) is 12.1. The number of benzene rings is 2. The summed E-state index contributed by atoms with van der Waals surface area (Å²) in [5, 5.41) is 5.65. The lowest BCUT2D eigenvalue weighted by Gasteiger charge is -2.23. The second-order valence-electron chi connectivity index (χ2n) is 6.05. The van der Waals surface area contributed by atoms with E-state index in [9.17, 15) is 18.0 Å². The molecule has 8 heteroatoms. The molecular formula is C18H17ClF3IN2O. The number of hydrogen-bond donors (Lipinski definition) is 2. The fourth-order valence-electron chi connectivity index (χ4n) is 2.26. The molecule has 0 aromatic heterocycles. The molecule has 0 unspecified atom stereocenters. The number of nitrogens with one attached hydrogen (secondary N) is 2. The number of carbonyl (C=O) groups is 1. The molecule has 0 saturated heterocycles. The zero-order valence-electron chi connectivity index (χ0n) is 14.0. The molecule has 0 fully saturated rings. The van der Waals surface area contributed by atoms with E-state index in [0.717, 1.165) is 15.7 Å². The average Bonchev–Trinajstić information content (AvgIpc) is 2.54. The molecule has 2 aromatic rings. The molecule has 0 bridgehead atoms. The zero-order valence-corrected chi connectivity index (χ0v) is 16.9. The van der Waals surface area contributed by atoms with Crippen molar-refractivity contribution in [1.82, 2.24) is 0 Å². The molecule has 0 radical (unpaired) electrons. The van der Waals surface area contributed by atoms with Crippen molar-refractivity contribution in [2.45, 2.75) is 26.1 Å². The van der Waals surface area contributed by atoms with Gasteiger partial charge in [0.1, 0.15) is 6.04 Å². The van der Waals surface area contributed by atoms with Gasteiger partial charge in [0.25, 0.3) is 0 Å². The third-order valence-corrected chi connectivity index (χ3v) is 4.70. The van der Waals surface area contributed by atoms with E-state index in [0.29, 0.717) is 5.69 Å². The molecule has 2 rings (SSSR count). The van der Waals surface area contributed by atoms with E-state index in [1.165, 1.54) is 6.07 Å². The molecule has 1 amide bonds. The van der Waals surface area contributed by atoms with Gasteiger partial charge in [-0.25, -0.2) is 0 Å². The van der Waals surface area contributed by atoms with Crippen LogP contribution in [0.1, 0.15) is 19.4 Å². The van der Waals surface area contributed by atoms with Gasteiger partial charge >= 0.3 is 6.18 Å². The van der Waals surface area contributed by atoms with Gasteiger partial charge in [-0.05, 0) is 71.0 Å². The lowest BCUT2D eigenvalue weighted by atomic mass is 10.0. The van der Waals surface area contributed by atoms with E-state index in [-0.39, 0.29) is 22.5 Å². The smallest absolute Gasteiger partial charge is 0.372 e. The van der Waals surface area contributed by atoms with Gasteiger partial charge in [-0.2, -0.15) is 13.2 Å². The van der Waals surface area contributed by atoms with E-state index in [1.54, 1.807) is 12.1 Å². The Morgan fingerprint density at radius 2 is 1.73 bits per heavy atom. The Hall–Kier alpha value is -1.48. The van der Waals surface area contributed by atoms with Crippen LogP contribution in [0.3, 0.4) is 0 Å². The van der Waals surface area contributed by atoms with Crippen molar-refractivity contribution >= 4 is 51.5 Å². The molecule has 2 aromatic carbocycles. The summed E-state index contributed by atoms with van der Waals surface area (Å²) >= 11 is 8.13. The van der Waals surface area contributed by atoms with Gasteiger partial charge in [0.15, 0.2) is 0 Å². The number of alkyl halides is 3. The van der Waals surface area contributed by atoms with Crippen molar-refractivity contribution in [2.24, 2.45) is 5.92 Å². The van der Waals surface area contributed by atoms with Crippen LogP contribution >= 0.6 is 34.2 Å². The minimum Gasteiger partial charge on any atom is -0.372 e. The minimum absolute atomic E-state index is 0.0902. The van der Waals surface area contributed by atoms with Crippen LogP contribution in [0.5, 0.6) is 0 Å². The highest BCUT2D eigenvalue weighted by Crippen LogP contribution is 2.34. The highest BCUT2D eigenvalue weighted by molar-refractivity contribution is 14.1. The first-order valence-corrected chi connectivity index (χ1v) is 9.23. The highest BCUT2D eigenvalue weighted by atomic mass is 127. The molecule has 0 spiro atoms. The Morgan fingerprint density at radius 3 is 2.23 bits per heavy atom. The van der Waals surface area contributed by atoms with E-state index in [4.69, 9.17) is 11.6 Å². The maximum absolute atomic E-state index is 12.7. The maximum Gasteiger partial charge on any atom is 0.416 e.